The molecule has 1 aromatic carbocycles. The second kappa shape index (κ2) is 4.73. The average Bonchev–Trinajstić information content (AvgIpc) is 2.80. The zero-order chi connectivity index (χ0) is 11.4. The molecule has 0 spiro atoms. The Labute approximate surface area is 94.1 Å². The van der Waals surface area contributed by atoms with E-state index in [2.05, 4.69) is 16.9 Å². The maximum atomic E-state index is 11.4. The number of carbonyl (C=O) groups excluding carboxylic acids is 1. The van der Waals surface area contributed by atoms with Crippen LogP contribution in [0.1, 0.15) is 17.9 Å². The third kappa shape index (κ3) is 2.18. The highest BCUT2D eigenvalue weighted by Crippen LogP contribution is 2.26. The molecule has 4 nitrogen and oxygen atoms in total. The molecule has 0 bridgehead atoms. The maximum absolute atomic E-state index is 11.4. The van der Waals surface area contributed by atoms with Crippen molar-refractivity contribution in [1.29, 1.82) is 0 Å². The fourth-order valence-electron chi connectivity index (χ4n) is 2.09. The molecule has 82 valence electrons. The molecule has 1 fully saturated rings. The molecule has 0 aromatic heterocycles. The highest BCUT2D eigenvalue weighted by atomic mass is 16.2. The number of amides is 1. The topological polar surface area (TPSA) is 56.7 Å². The summed E-state index contributed by atoms with van der Waals surface area (Å²) in [6, 6.07) is 10.2. The van der Waals surface area contributed by atoms with Gasteiger partial charge in [0.05, 0.1) is 0 Å². The first-order valence-corrected chi connectivity index (χ1v) is 5.32. The smallest absolute Gasteiger partial charge is 0.344 e. The zero-order valence-electron chi connectivity index (χ0n) is 8.91. The summed E-state index contributed by atoms with van der Waals surface area (Å²) in [6.45, 7) is 1.43. The number of benzene rings is 1. The van der Waals surface area contributed by atoms with Gasteiger partial charge in [0.15, 0.2) is 0 Å². The summed E-state index contributed by atoms with van der Waals surface area (Å²) in [5.41, 5.74) is 9.56. The van der Waals surface area contributed by atoms with Gasteiger partial charge in [-0.3, -0.25) is 4.79 Å². The van der Waals surface area contributed by atoms with Crippen LogP contribution in [0.25, 0.3) is 5.53 Å². The number of carbonyl (C=O) groups is 1. The molecule has 1 aliphatic heterocycles. The van der Waals surface area contributed by atoms with Crippen LogP contribution < -0.4 is 0 Å². The van der Waals surface area contributed by atoms with Gasteiger partial charge >= 0.3 is 12.1 Å². The summed E-state index contributed by atoms with van der Waals surface area (Å²) in [5.74, 6) is 0.179. The predicted octanol–water partition coefficient (Wildman–Crippen LogP) is 1.30. The summed E-state index contributed by atoms with van der Waals surface area (Å²) in [5, 5.41) is 0. The molecule has 1 aromatic rings. The van der Waals surface area contributed by atoms with Gasteiger partial charge in [-0.25, -0.2) is 0 Å². The Balaban J connectivity index is 2.04. The molecule has 0 saturated carbocycles. The van der Waals surface area contributed by atoms with Crippen molar-refractivity contribution in [3.05, 3.63) is 41.4 Å². The fourth-order valence-corrected chi connectivity index (χ4v) is 2.09. The first-order chi connectivity index (χ1) is 7.81. The molecular weight excluding hydrogens is 202 g/mol. The Bertz CT molecular complexity index is 423. The maximum Gasteiger partial charge on any atom is 0.344 e. The molecule has 0 N–H and O–H groups in total. The molecule has 0 radical (unpaired) electrons. The van der Waals surface area contributed by atoms with Gasteiger partial charge in [-0.05, 0) is 12.0 Å². The molecule has 1 aliphatic rings. The second-order valence-electron chi connectivity index (χ2n) is 3.93. The van der Waals surface area contributed by atoms with Crippen LogP contribution in [-0.4, -0.2) is 34.9 Å². The van der Waals surface area contributed by atoms with E-state index in [-0.39, 0.29) is 5.91 Å². The summed E-state index contributed by atoms with van der Waals surface area (Å²) in [7, 11) is 0. The fraction of sp³-hybridized carbons (Fsp3) is 0.333. The minimum absolute atomic E-state index is 0.221. The van der Waals surface area contributed by atoms with E-state index >= 15 is 0 Å². The van der Waals surface area contributed by atoms with E-state index in [4.69, 9.17) is 5.53 Å². The van der Waals surface area contributed by atoms with Gasteiger partial charge in [0.2, 0.25) is 0 Å². The Morgan fingerprint density at radius 3 is 2.88 bits per heavy atom. The molecule has 2 rings (SSSR count). The average molecular weight is 215 g/mol. The number of hydrogen-bond donors (Lipinski definition) is 0. The molecule has 1 amide bonds. The van der Waals surface area contributed by atoms with E-state index in [0.717, 1.165) is 19.2 Å². The van der Waals surface area contributed by atoms with Crippen LogP contribution in [0, 0.1) is 0 Å². The molecule has 1 atom stereocenters. The number of rotatable bonds is 2. The Morgan fingerprint density at radius 2 is 2.19 bits per heavy atom. The normalized spacial score (nSPS) is 19.2. The molecule has 1 unspecified atom stereocenters. The van der Waals surface area contributed by atoms with Crippen molar-refractivity contribution in [1.82, 2.24) is 4.90 Å². The molecule has 1 heterocycles. The standard InChI is InChI=1S/C12H13N3O/c13-14-8-12(16)15-7-6-11(9-15)10-4-2-1-3-5-10/h1-5,8,11H,6-7,9H2. The summed E-state index contributed by atoms with van der Waals surface area (Å²) < 4.78 is 0. The van der Waals surface area contributed by atoms with Crippen LogP contribution in [0.5, 0.6) is 0 Å². The van der Waals surface area contributed by atoms with Gasteiger partial charge in [-0.15, -0.1) is 0 Å². The minimum Gasteiger partial charge on any atom is -0.361 e. The third-order valence-electron chi connectivity index (χ3n) is 2.94. The van der Waals surface area contributed by atoms with Crippen LogP contribution >= 0.6 is 0 Å². The van der Waals surface area contributed by atoms with Crippen LogP contribution in [0.3, 0.4) is 0 Å². The lowest BCUT2D eigenvalue weighted by Crippen LogP contribution is -2.29. The van der Waals surface area contributed by atoms with Crippen LogP contribution in [0.2, 0.25) is 0 Å². The Hall–Kier alpha value is -1.93. The largest absolute Gasteiger partial charge is 0.361 e. The van der Waals surface area contributed by atoms with Gasteiger partial charge in [0, 0.05) is 19.0 Å². The van der Waals surface area contributed by atoms with Gasteiger partial charge in [-0.1, -0.05) is 30.3 Å². The van der Waals surface area contributed by atoms with Crippen molar-refractivity contribution < 1.29 is 9.58 Å². The van der Waals surface area contributed by atoms with Gasteiger partial charge in [0.1, 0.15) is 0 Å². The lowest BCUT2D eigenvalue weighted by Gasteiger charge is -2.12. The molecule has 0 aliphatic carbocycles. The quantitative estimate of drug-likeness (QED) is 0.417. The number of hydrogen-bond acceptors (Lipinski definition) is 1. The lowest BCUT2D eigenvalue weighted by atomic mass is 9.99. The van der Waals surface area contributed by atoms with Crippen molar-refractivity contribution in [2.24, 2.45) is 0 Å². The SMILES string of the molecule is [N-]=[N+]=CC(=O)N1CCC(c2ccccc2)C1. The molecule has 4 heteroatoms. The van der Waals surface area contributed by atoms with Crippen molar-refractivity contribution in [2.45, 2.75) is 12.3 Å². The Morgan fingerprint density at radius 1 is 1.44 bits per heavy atom. The van der Waals surface area contributed by atoms with E-state index in [1.54, 1.807) is 4.90 Å². The number of likely N-dealkylation sites (tertiary alicyclic amines) is 1. The summed E-state index contributed by atoms with van der Waals surface area (Å²) >= 11 is 0. The van der Waals surface area contributed by atoms with E-state index in [1.165, 1.54) is 5.56 Å². The monoisotopic (exact) mass is 215 g/mol. The van der Waals surface area contributed by atoms with Crippen molar-refractivity contribution in [2.75, 3.05) is 13.1 Å². The van der Waals surface area contributed by atoms with Gasteiger partial charge in [0.25, 0.3) is 0 Å². The predicted molar refractivity (Wildman–Crippen MR) is 60.1 cm³/mol. The van der Waals surface area contributed by atoms with Crippen molar-refractivity contribution >= 4 is 12.1 Å². The van der Waals surface area contributed by atoms with Crippen molar-refractivity contribution in [3.63, 3.8) is 0 Å². The minimum atomic E-state index is -0.221. The molecule has 16 heavy (non-hydrogen) atoms. The molecular formula is C12H13N3O. The third-order valence-corrected chi connectivity index (χ3v) is 2.94. The first-order valence-electron chi connectivity index (χ1n) is 5.32. The van der Waals surface area contributed by atoms with E-state index in [9.17, 15) is 4.79 Å². The Kier molecular flexibility index (Phi) is 3.13. The van der Waals surface area contributed by atoms with Crippen LogP contribution in [-0.2, 0) is 4.79 Å². The van der Waals surface area contributed by atoms with Gasteiger partial charge < -0.3 is 10.4 Å². The number of nitrogens with zero attached hydrogens (tertiary/aromatic N) is 3. The van der Waals surface area contributed by atoms with Crippen LogP contribution in [0.15, 0.2) is 30.3 Å². The van der Waals surface area contributed by atoms with Crippen molar-refractivity contribution in [3.8, 4) is 0 Å². The van der Waals surface area contributed by atoms with E-state index < -0.39 is 0 Å². The highest BCUT2D eigenvalue weighted by molar-refractivity contribution is 6.23. The van der Waals surface area contributed by atoms with Gasteiger partial charge in [-0.2, -0.15) is 4.79 Å². The first kappa shape index (κ1) is 10.6. The summed E-state index contributed by atoms with van der Waals surface area (Å²) in [6.07, 6.45) is 1.92. The second-order valence-corrected chi connectivity index (χ2v) is 3.93. The lowest BCUT2D eigenvalue weighted by molar-refractivity contribution is -0.126. The van der Waals surface area contributed by atoms with E-state index in [0.29, 0.717) is 12.5 Å². The van der Waals surface area contributed by atoms with Crippen LogP contribution in [0.4, 0.5) is 0 Å². The summed E-state index contributed by atoms with van der Waals surface area (Å²) in [4.78, 5) is 15.9. The molecule has 1 saturated heterocycles. The van der Waals surface area contributed by atoms with E-state index in [1.807, 2.05) is 18.2 Å². The highest BCUT2D eigenvalue weighted by Gasteiger charge is 2.27. The zero-order valence-corrected chi connectivity index (χ0v) is 8.91.